The van der Waals surface area contributed by atoms with Crippen molar-refractivity contribution in [2.24, 2.45) is 0 Å². The number of halogens is 1. The third kappa shape index (κ3) is 5.34. The predicted molar refractivity (Wildman–Crippen MR) is 148 cm³/mol. The van der Waals surface area contributed by atoms with E-state index in [9.17, 15) is 4.79 Å². The maximum Gasteiger partial charge on any atom is 0.253 e. The van der Waals surface area contributed by atoms with Crippen LogP contribution in [0.3, 0.4) is 0 Å². The molecule has 36 heavy (non-hydrogen) atoms. The van der Waals surface area contributed by atoms with Crippen LogP contribution in [0, 0.1) is 13.8 Å². The Balaban J connectivity index is 1.44. The Kier molecular flexibility index (Phi) is 7.14. The molecule has 0 spiro atoms. The fourth-order valence-electron chi connectivity index (χ4n) is 4.69. The normalized spacial score (nSPS) is 13.6. The van der Waals surface area contributed by atoms with Crippen molar-refractivity contribution < 1.29 is 4.79 Å². The second-order valence-electron chi connectivity index (χ2n) is 9.25. The van der Waals surface area contributed by atoms with Gasteiger partial charge in [0.2, 0.25) is 0 Å². The monoisotopic (exact) mass is 540 g/mol. The van der Waals surface area contributed by atoms with Crippen LogP contribution in [-0.2, 0) is 6.42 Å². The molecule has 2 heterocycles. The van der Waals surface area contributed by atoms with E-state index in [1.165, 1.54) is 11.1 Å². The van der Waals surface area contributed by atoms with Gasteiger partial charge >= 0.3 is 0 Å². The molecule has 0 unspecified atom stereocenters. The van der Waals surface area contributed by atoms with Gasteiger partial charge in [0.05, 0.1) is 0 Å². The summed E-state index contributed by atoms with van der Waals surface area (Å²) >= 11 is 3.44. The Bertz CT molecular complexity index is 1360. The number of benzene rings is 3. The molecular formula is C30H29BrN4O. The van der Waals surface area contributed by atoms with E-state index < -0.39 is 0 Å². The molecule has 5 rings (SSSR count). The van der Waals surface area contributed by atoms with Crippen molar-refractivity contribution in [3.05, 3.63) is 111 Å². The molecule has 5 nitrogen and oxygen atoms in total. The van der Waals surface area contributed by atoms with E-state index in [4.69, 9.17) is 9.97 Å². The third-order valence-corrected chi connectivity index (χ3v) is 7.17. The van der Waals surface area contributed by atoms with Crippen molar-refractivity contribution in [2.75, 3.05) is 31.1 Å². The number of aryl methyl sites for hydroxylation is 2. The maximum atomic E-state index is 13.1. The highest BCUT2D eigenvalue weighted by atomic mass is 79.9. The molecule has 1 aliphatic heterocycles. The highest BCUT2D eigenvalue weighted by Gasteiger charge is 2.26. The summed E-state index contributed by atoms with van der Waals surface area (Å²) in [6.45, 7) is 6.97. The summed E-state index contributed by atoms with van der Waals surface area (Å²) < 4.78 is 0.971. The highest BCUT2D eigenvalue weighted by molar-refractivity contribution is 9.10. The standard InChI is InChI=1S/C30H29BrN4O/c1-21-7-6-8-23(19-21)20-27-22(2)32-28(24-9-4-3-5-10-24)33-29(27)34-15-17-35(18-16-34)30(36)25-11-13-26(31)14-12-25/h3-14,19H,15-18,20H2,1-2H3. The lowest BCUT2D eigenvalue weighted by Gasteiger charge is -2.36. The number of piperazine rings is 1. The molecule has 1 saturated heterocycles. The van der Waals surface area contributed by atoms with Gasteiger partial charge in [0.25, 0.3) is 5.91 Å². The van der Waals surface area contributed by atoms with Gasteiger partial charge in [0.1, 0.15) is 5.82 Å². The highest BCUT2D eigenvalue weighted by Crippen LogP contribution is 2.29. The van der Waals surface area contributed by atoms with Crippen LogP contribution in [0.25, 0.3) is 11.4 Å². The van der Waals surface area contributed by atoms with E-state index in [1.54, 1.807) is 0 Å². The van der Waals surface area contributed by atoms with Crippen LogP contribution in [0.15, 0.2) is 83.3 Å². The second-order valence-corrected chi connectivity index (χ2v) is 10.2. The molecule has 0 saturated carbocycles. The zero-order valence-corrected chi connectivity index (χ0v) is 22.2. The van der Waals surface area contributed by atoms with Gasteiger partial charge in [-0.2, -0.15) is 0 Å². The first-order valence-electron chi connectivity index (χ1n) is 12.3. The smallest absolute Gasteiger partial charge is 0.253 e. The van der Waals surface area contributed by atoms with E-state index in [-0.39, 0.29) is 5.91 Å². The van der Waals surface area contributed by atoms with E-state index in [2.05, 4.69) is 58.9 Å². The number of hydrogen-bond donors (Lipinski definition) is 0. The Morgan fingerprint density at radius 2 is 1.58 bits per heavy atom. The minimum Gasteiger partial charge on any atom is -0.353 e. The molecule has 0 N–H and O–H groups in total. The maximum absolute atomic E-state index is 13.1. The number of carbonyl (C=O) groups is 1. The SMILES string of the molecule is Cc1cccc(Cc2c(C)nc(-c3ccccc3)nc2N2CCN(C(=O)c3ccc(Br)cc3)CC2)c1. The van der Waals surface area contributed by atoms with Crippen molar-refractivity contribution in [3.8, 4) is 11.4 Å². The van der Waals surface area contributed by atoms with Gasteiger partial charge < -0.3 is 9.80 Å². The first-order valence-corrected chi connectivity index (χ1v) is 13.1. The number of nitrogens with zero attached hydrogens (tertiary/aromatic N) is 4. The number of hydrogen-bond acceptors (Lipinski definition) is 4. The first kappa shape index (κ1) is 24.2. The first-order chi connectivity index (χ1) is 17.5. The molecule has 3 aromatic carbocycles. The summed E-state index contributed by atoms with van der Waals surface area (Å²) in [7, 11) is 0. The molecule has 0 radical (unpaired) electrons. The van der Waals surface area contributed by atoms with E-state index in [0.717, 1.165) is 58.0 Å². The number of aromatic nitrogens is 2. The summed E-state index contributed by atoms with van der Waals surface area (Å²) in [5.74, 6) is 1.79. The zero-order chi connectivity index (χ0) is 25.1. The van der Waals surface area contributed by atoms with E-state index in [1.807, 2.05) is 59.5 Å². The summed E-state index contributed by atoms with van der Waals surface area (Å²) in [6.07, 6.45) is 0.774. The van der Waals surface area contributed by atoms with Crippen LogP contribution in [0.5, 0.6) is 0 Å². The molecular weight excluding hydrogens is 512 g/mol. The Morgan fingerprint density at radius 1 is 0.861 bits per heavy atom. The van der Waals surface area contributed by atoms with Gasteiger partial charge in [-0.05, 0) is 43.7 Å². The molecule has 1 aliphatic rings. The van der Waals surface area contributed by atoms with E-state index >= 15 is 0 Å². The van der Waals surface area contributed by atoms with Gasteiger partial charge in [-0.1, -0.05) is 76.1 Å². The Morgan fingerprint density at radius 3 is 2.28 bits per heavy atom. The molecule has 4 aromatic rings. The van der Waals surface area contributed by atoms with Crippen LogP contribution in [0.2, 0.25) is 0 Å². The molecule has 0 atom stereocenters. The van der Waals surface area contributed by atoms with Gasteiger partial charge in [-0.3, -0.25) is 4.79 Å². The lowest BCUT2D eigenvalue weighted by atomic mass is 10.0. The van der Waals surface area contributed by atoms with Gasteiger partial charge in [0.15, 0.2) is 5.82 Å². The van der Waals surface area contributed by atoms with Crippen molar-refractivity contribution in [1.29, 1.82) is 0 Å². The Labute approximate surface area is 221 Å². The van der Waals surface area contributed by atoms with Gasteiger partial charge in [-0.25, -0.2) is 9.97 Å². The number of anilines is 1. The Hall–Kier alpha value is -3.51. The van der Waals surface area contributed by atoms with Crippen molar-refractivity contribution in [2.45, 2.75) is 20.3 Å². The number of amides is 1. The topological polar surface area (TPSA) is 49.3 Å². The van der Waals surface area contributed by atoms with Gasteiger partial charge in [-0.15, -0.1) is 0 Å². The summed E-state index contributed by atoms with van der Waals surface area (Å²) in [5.41, 5.74) is 6.36. The van der Waals surface area contributed by atoms with Crippen LogP contribution in [0.1, 0.15) is 32.7 Å². The molecule has 1 aromatic heterocycles. The fourth-order valence-corrected chi connectivity index (χ4v) is 4.95. The summed E-state index contributed by atoms with van der Waals surface area (Å²) in [4.78, 5) is 27.3. The van der Waals surface area contributed by atoms with Crippen LogP contribution in [0.4, 0.5) is 5.82 Å². The average Bonchev–Trinajstić information content (AvgIpc) is 2.90. The summed E-state index contributed by atoms with van der Waals surface area (Å²) in [5, 5.41) is 0. The van der Waals surface area contributed by atoms with Gasteiger partial charge in [0, 0.05) is 59.5 Å². The minimum atomic E-state index is 0.0750. The minimum absolute atomic E-state index is 0.0750. The number of rotatable bonds is 5. The molecule has 0 aliphatic carbocycles. The lowest BCUT2D eigenvalue weighted by Crippen LogP contribution is -2.49. The predicted octanol–water partition coefficient (Wildman–Crippen LogP) is 6.08. The molecule has 1 fully saturated rings. The molecule has 1 amide bonds. The van der Waals surface area contributed by atoms with Crippen LogP contribution >= 0.6 is 15.9 Å². The van der Waals surface area contributed by atoms with Crippen LogP contribution in [-0.4, -0.2) is 47.0 Å². The largest absolute Gasteiger partial charge is 0.353 e. The van der Waals surface area contributed by atoms with Crippen molar-refractivity contribution in [3.63, 3.8) is 0 Å². The fraction of sp³-hybridized carbons (Fsp3) is 0.233. The average molecular weight is 541 g/mol. The van der Waals surface area contributed by atoms with Crippen molar-refractivity contribution in [1.82, 2.24) is 14.9 Å². The van der Waals surface area contributed by atoms with E-state index in [0.29, 0.717) is 13.1 Å². The third-order valence-electron chi connectivity index (χ3n) is 6.65. The molecule has 6 heteroatoms. The molecule has 0 bridgehead atoms. The zero-order valence-electron chi connectivity index (χ0n) is 20.6. The quantitative estimate of drug-likeness (QED) is 0.308. The summed E-state index contributed by atoms with van der Waals surface area (Å²) in [6, 6.07) is 26.3. The second kappa shape index (κ2) is 10.6. The van der Waals surface area contributed by atoms with Crippen LogP contribution < -0.4 is 4.90 Å². The number of carbonyl (C=O) groups excluding carboxylic acids is 1. The molecule has 182 valence electrons. The lowest BCUT2D eigenvalue weighted by molar-refractivity contribution is 0.0746. The van der Waals surface area contributed by atoms with Crippen molar-refractivity contribution >= 4 is 27.7 Å².